The fraction of sp³-hybridized carbons (Fsp3) is 0.385. The van der Waals surface area contributed by atoms with E-state index in [0.29, 0.717) is 29.1 Å². The van der Waals surface area contributed by atoms with E-state index in [1.807, 2.05) is 44.2 Å². The van der Waals surface area contributed by atoms with E-state index in [1.165, 1.54) is 6.33 Å². The van der Waals surface area contributed by atoms with Crippen LogP contribution in [0.4, 0.5) is 5.82 Å². The molecule has 0 saturated carbocycles. The number of esters is 1. The summed E-state index contributed by atoms with van der Waals surface area (Å²) in [5.74, 6) is 1.18. The predicted molar refractivity (Wildman–Crippen MR) is 142 cm³/mol. The van der Waals surface area contributed by atoms with E-state index in [9.17, 15) is 4.79 Å². The number of nitrogens with one attached hydrogen (secondary N) is 2. The van der Waals surface area contributed by atoms with Gasteiger partial charge in [0.15, 0.2) is 5.72 Å². The van der Waals surface area contributed by atoms with E-state index in [4.69, 9.17) is 32.7 Å². The number of nitrogens with zero attached hydrogens (tertiary/aromatic N) is 4. The molecule has 37 heavy (non-hydrogen) atoms. The number of hydrogen-bond acceptors (Lipinski definition) is 8. The number of benzene rings is 2. The van der Waals surface area contributed by atoms with Crippen molar-refractivity contribution in [1.82, 2.24) is 24.8 Å². The number of hydrogen-bond donors (Lipinski definition) is 2. The molecule has 6 rings (SSSR count). The van der Waals surface area contributed by atoms with Gasteiger partial charge in [-0.05, 0) is 57.0 Å². The van der Waals surface area contributed by atoms with Crippen LogP contribution in [-0.2, 0) is 20.0 Å². The normalized spacial score (nSPS) is 22.4. The molecule has 0 bridgehead atoms. The molecule has 9 nitrogen and oxygen atoms in total. The van der Waals surface area contributed by atoms with E-state index < -0.39 is 5.72 Å². The van der Waals surface area contributed by atoms with Crippen LogP contribution in [0.15, 0.2) is 36.7 Å². The molecule has 0 amide bonds. The van der Waals surface area contributed by atoms with Crippen molar-refractivity contribution in [3.05, 3.63) is 58.1 Å². The zero-order chi connectivity index (χ0) is 25.7. The second-order valence-corrected chi connectivity index (χ2v) is 10.2. The lowest BCUT2D eigenvalue weighted by Crippen LogP contribution is -2.45. The summed E-state index contributed by atoms with van der Waals surface area (Å²) < 4.78 is 11.3. The quantitative estimate of drug-likeness (QED) is 0.243. The molecule has 2 aromatic heterocycles. The number of likely N-dealkylation sites (tertiary alicyclic amines) is 1. The Labute approximate surface area is 223 Å². The van der Waals surface area contributed by atoms with Crippen molar-refractivity contribution in [2.24, 2.45) is 0 Å². The van der Waals surface area contributed by atoms with E-state index in [-0.39, 0.29) is 18.1 Å². The molecule has 0 radical (unpaired) electrons. The fourth-order valence-electron chi connectivity index (χ4n) is 5.20. The number of imidazole rings is 1. The molecule has 3 atom stereocenters. The Balaban J connectivity index is 1.31. The van der Waals surface area contributed by atoms with Crippen molar-refractivity contribution in [3.63, 3.8) is 0 Å². The topological polar surface area (TPSA) is 109 Å². The van der Waals surface area contributed by atoms with Crippen LogP contribution < -0.4 is 5.32 Å². The van der Waals surface area contributed by atoms with Gasteiger partial charge < -0.3 is 19.8 Å². The van der Waals surface area contributed by atoms with Gasteiger partial charge in [-0.1, -0.05) is 23.2 Å². The van der Waals surface area contributed by atoms with Crippen LogP contribution >= 0.6 is 23.2 Å². The third-order valence-electron chi connectivity index (χ3n) is 7.06. The van der Waals surface area contributed by atoms with Crippen molar-refractivity contribution in [2.75, 3.05) is 25.1 Å². The van der Waals surface area contributed by atoms with Crippen molar-refractivity contribution in [1.29, 1.82) is 0 Å². The van der Waals surface area contributed by atoms with Crippen LogP contribution in [0.3, 0.4) is 0 Å². The minimum absolute atomic E-state index is 0.171. The third kappa shape index (κ3) is 4.29. The van der Waals surface area contributed by atoms with Gasteiger partial charge >= 0.3 is 5.97 Å². The van der Waals surface area contributed by atoms with E-state index in [2.05, 4.69) is 30.2 Å². The van der Waals surface area contributed by atoms with Crippen LogP contribution in [0.5, 0.6) is 0 Å². The van der Waals surface area contributed by atoms with E-state index in [0.717, 1.165) is 52.7 Å². The molecule has 2 unspecified atom stereocenters. The van der Waals surface area contributed by atoms with E-state index in [1.54, 1.807) is 0 Å². The summed E-state index contributed by atoms with van der Waals surface area (Å²) in [4.78, 5) is 31.7. The number of aromatic nitrogens is 4. The summed E-state index contributed by atoms with van der Waals surface area (Å²) in [6, 6.07) is 8.83. The minimum atomic E-state index is -0.749. The van der Waals surface area contributed by atoms with Gasteiger partial charge in [0.05, 0.1) is 35.8 Å². The number of halogens is 2. The van der Waals surface area contributed by atoms with E-state index >= 15 is 0 Å². The molecule has 11 heteroatoms. The zero-order valence-electron chi connectivity index (χ0n) is 20.4. The smallest absolute Gasteiger partial charge is 0.323 e. The van der Waals surface area contributed by atoms with Gasteiger partial charge in [-0.2, -0.15) is 0 Å². The molecule has 2 N–H and O–H groups in total. The van der Waals surface area contributed by atoms with Crippen LogP contribution in [0.2, 0.25) is 10.0 Å². The van der Waals surface area contributed by atoms with Gasteiger partial charge in [-0.3, -0.25) is 9.69 Å². The second-order valence-electron chi connectivity index (χ2n) is 9.40. The Bertz CT molecular complexity index is 1500. The highest BCUT2D eigenvalue weighted by molar-refractivity contribution is 6.32. The summed E-state index contributed by atoms with van der Waals surface area (Å²) >= 11 is 13.0. The first-order valence-corrected chi connectivity index (χ1v) is 13.1. The second kappa shape index (κ2) is 9.40. The lowest BCUT2D eigenvalue weighted by atomic mass is 10.0. The highest BCUT2D eigenvalue weighted by Gasteiger charge is 2.57. The Morgan fingerprint density at radius 1 is 1.30 bits per heavy atom. The first-order chi connectivity index (χ1) is 17.9. The average Bonchev–Trinajstić information content (AvgIpc) is 3.31. The van der Waals surface area contributed by atoms with Gasteiger partial charge in [0.25, 0.3) is 0 Å². The number of H-pyrrole nitrogens is 1. The SMILES string of the molecule is CCOC(=O)[C@@H]1CCCN1C1(c2cc3ncnc(NC(C)c4nc5ccc(Cl)cc5[nH]4)c3cc2Cl)CO1. The Morgan fingerprint density at radius 2 is 2.14 bits per heavy atom. The largest absolute Gasteiger partial charge is 0.465 e. The third-order valence-corrected chi connectivity index (χ3v) is 7.61. The molecule has 2 fully saturated rings. The highest BCUT2D eigenvalue weighted by atomic mass is 35.5. The van der Waals surface area contributed by atoms with Gasteiger partial charge in [0.2, 0.25) is 0 Å². The van der Waals surface area contributed by atoms with Crippen LogP contribution in [-0.4, -0.2) is 56.6 Å². The number of anilines is 1. The van der Waals surface area contributed by atoms with Crippen LogP contribution in [0.25, 0.3) is 21.9 Å². The molecule has 4 heterocycles. The highest BCUT2D eigenvalue weighted by Crippen LogP contribution is 2.49. The Kier molecular flexibility index (Phi) is 6.19. The maximum Gasteiger partial charge on any atom is 0.323 e. The molecule has 0 spiro atoms. The zero-order valence-corrected chi connectivity index (χ0v) is 21.9. The molecule has 192 valence electrons. The van der Waals surface area contributed by atoms with Gasteiger partial charge in [-0.15, -0.1) is 0 Å². The number of rotatable bonds is 7. The van der Waals surface area contributed by atoms with Crippen molar-refractivity contribution < 1.29 is 14.3 Å². The number of carbonyl (C=O) groups excluding carboxylic acids is 1. The molecule has 2 saturated heterocycles. The first-order valence-electron chi connectivity index (χ1n) is 12.3. The molecular weight excluding hydrogens is 515 g/mol. The van der Waals surface area contributed by atoms with Crippen LogP contribution in [0, 0.1) is 0 Å². The lowest BCUT2D eigenvalue weighted by Gasteiger charge is -2.30. The molecule has 0 aliphatic carbocycles. The maximum absolute atomic E-state index is 12.6. The standard InChI is InChI=1S/C26H26Cl2N6O3/c1-3-36-25(35)22-5-4-8-34(22)26(12-37-26)17-11-20-16(10-18(17)28)24(30-13-29-20)31-14(2)23-32-19-7-6-15(27)9-21(19)33-23/h6-7,9-11,13-14,22H,3-5,8,12H2,1-2H3,(H,32,33)(H,29,30,31)/t14?,22-,26?/m0/s1. The monoisotopic (exact) mass is 540 g/mol. The summed E-state index contributed by atoms with van der Waals surface area (Å²) in [6.07, 6.45) is 3.14. The summed E-state index contributed by atoms with van der Waals surface area (Å²) in [5, 5.41) is 5.39. The first kappa shape index (κ1) is 24.4. The summed E-state index contributed by atoms with van der Waals surface area (Å²) in [6.45, 7) is 5.35. The van der Waals surface area contributed by atoms with Crippen LogP contribution in [0.1, 0.15) is 44.1 Å². The van der Waals surface area contributed by atoms with Crippen molar-refractivity contribution in [2.45, 2.75) is 44.5 Å². The number of aromatic amines is 1. The number of ether oxygens (including phenoxy) is 2. The lowest BCUT2D eigenvalue weighted by molar-refractivity contribution is -0.151. The molecule has 2 aliphatic heterocycles. The van der Waals surface area contributed by atoms with Crippen molar-refractivity contribution in [3.8, 4) is 0 Å². The predicted octanol–water partition coefficient (Wildman–Crippen LogP) is 5.20. The van der Waals surface area contributed by atoms with Gasteiger partial charge in [-0.25, -0.2) is 15.0 Å². The number of fused-ring (bicyclic) bond motifs is 2. The van der Waals surface area contributed by atoms with Gasteiger partial charge in [0.1, 0.15) is 24.0 Å². The molecule has 4 aromatic rings. The Morgan fingerprint density at radius 3 is 2.92 bits per heavy atom. The van der Waals surface area contributed by atoms with Gasteiger partial charge in [0, 0.05) is 27.5 Å². The molecule has 2 aromatic carbocycles. The summed E-state index contributed by atoms with van der Waals surface area (Å²) in [7, 11) is 0. The fourth-order valence-corrected chi connectivity index (χ4v) is 5.68. The average molecular weight is 541 g/mol. The number of epoxide rings is 1. The number of carbonyl (C=O) groups is 1. The maximum atomic E-state index is 12.6. The van der Waals surface area contributed by atoms with Crippen molar-refractivity contribution >= 4 is 56.9 Å². The molecule has 2 aliphatic rings. The summed E-state index contributed by atoms with van der Waals surface area (Å²) in [5.41, 5.74) is 2.48. The minimum Gasteiger partial charge on any atom is -0.465 e. The molecular formula is C26H26Cl2N6O3. The Hall–Kier alpha value is -2.98.